The molecular formula is C15H18Br2N2OS. The first-order valence-corrected chi connectivity index (χ1v) is 8.93. The number of hydrogen-bond donors (Lipinski definition) is 2. The molecule has 0 aromatic heterocycles. The molecule has 1 amide bonds. The zero-order chi connectivity index (χ0) is 15.6. The van der Waals surface area contributed by atoms with E-state index in [0.717, 1.165) is 52.3 Å². The maximum atomic E-state index is 12.8. The summed E-state index contributed by atoms with van der Waals surface area (Å²) in [6, 6.07) is 3.93. The molecule has 21 heavy (non-hydrogen) atoms. The maximum Gasteiger partial charge on any atom is 0.237 e. The number of aryl methyl sites for hydroxylation is 1. The lowest BCUT2D eigenvalue weighted by atomic mass is 9.73. The largest absolute Gasteiger partial charge is 0.392 e. The van der Waals surface area contributed by atoms with E-state index in [0.29, 0.717) is 4.99 Å². The lowest BCUT2D eigenvalue weighted by Gasteiger charge is -2.35. The van der Waals surface area contributed by atoms with Crippen molar-refractivity contribution < 1.29 is 4.79 Å². The molecule has 0 radical (unpaired) electrons. The van der Waals surface area contributed by atoms with Gasteiger partial charge in [-0.1, -0.05) is 31.5 Å². The van der Waals surface area contributed by atoms with Gasteiger partial charge in [-0.05, 0) is 69.3 Å². The Balaban J connectivity index is 2.30. The number of halogens is 2. The zero-order valence-electron chi connectivity index (χ0n) is 11.8. The van der Waals surface area contributed by atoms with Crippen LogP contribution in [-0.2, 0) is 4.79 Å². The Labute approximate surface area is 147 Å². The van der Waals surface area contributed by atoms with Crippen molar-refractivity contribution in [3.63, 3.8) is 0 Å². The highest BCUT2D eigenvalue weighted by molar-refractivity contribution is 9.11. The maximum absolute atomic E-state index is 12.8. The summed E-state index contributed by atoms with van der Waals surface area (Å²) in [4.78, 5) is 13.1. The third-order valence-corrected chi connectivity index (χ3v) is 5.68. The third-order valence-electron chi connectivity index (χ3n) is 4.04. The Kier molecular flexibility index (Phi) is 5.43. The first-order valence-electron chi connectivity index (χ1n) is 6.94. The molecule has 0 aliphatic heterocycles. The van der Waals surface area contributed by atoms with Gasteiger partial charge in [0.2, 0.25) is 5.91 Å². The van der Waals surface area contributed by atoms with Crippen molar-refractivity contribution in [1.29, 1.82) is 0 Å². The molecule has 0 unspecified atom stereocenters. The molecule has 1 saturated carbocycles. The monoisotopic (exact) mass is 432 g/mol. The van der Waals surface area contributed by atoms with Crippen LogP contribution in [0.15, 0.2) is 21.1 Å². The molecule has 0 atom stereocenters. The highest BCUT2D eigenvalue weighted by Gasteiger charge is 2.42. The summed E-state index contributed by atoms with van der Waals surface area (Å²) >= 11 is 12.2. The number of amides is 1. The van der Waals surface area contributed by atoms with Gasteiger partial charge < -0.3 is 11.1 Å². The summed E-state index contributed by atoms with van der Waals surface area (Å²) < 4.78 is 1.69. The van der Waals surface area contributed by atoms with E-state index in [1.165, 1.54) is 0 Å². The fourth-order valence-corrected chi connectivity index (χ4v) is 4.70. The van der Waals surface area contributed by atoms with Gasteiger partial charge in [0.15, 0.2) is 0 Å². The van der Waals surface area contributed by atoms with E-state index < -0.39 is 5.41 Å². The number of carbonyl (C=O) groups excluding carboxylic acids is 1. The summed E-state index contributed by atoms with van der Waals surface area (Å²) in [5.41, 5.74) is 7.03. The second-order valence-corrected chi connectivity index (χ2v) is 7.71. The van der Waals surface area contributed by atoms with Gasteiger partial charge in [-0.15, -0.1) is 0 Å². The van der Waals surface area contributed by atoms with E-state index in [1.807, 2.05) is 19.1 Å². The molecule has 1 aliphatic rings. The average Bonchev–Trinajstić information content (AvgIpc) is 2.43. The standard InChI is InChI=1S/C15H18Br2N2OS/c1-9-7-10(16)12(11(17)8-9)19-14(20)15(13(18)21)5-3-2-4-6-15/h7-8H,2-6H2,1H3,(H2,18,21)(H,19,20). The van der Waals surface area contributed by atoms with Crippen LogP contribution in [0.3, 0.4) is 0 Å². The van der Waals surface area contributed by atoms with Crippen LogP contribution in [0.2, 0.25) is 0 Å². The van der Waals surface area contributed by atoms with E-state index in [1.54, 1.807) is 0 Å². The number of rotatable bonds is 3. The Bertz CT molecular complexity index is 560. The molecule has 1 fully saturated rings. The van der Waals surface area contributed by atoms with E-state index in [2.05, 4.69) is 37.2 Å². The number of nitrogens with two attached hydrogens (primary N) is 1. The summed E-state index contributed by atoms with van der Waals surface area (Å²) in [6.45, 7) is 2.00. The van der Waals surface area contributed by atoms with Gasteiger partial charge in [-0.25, -0.2) is 0 Å². The SMILES string of the molecule is Cc1cc(Br)c(NC(=O)C2(C(N)=S)CCCCC2)c(Br)c1. The van der Waals surface area contributed by atoms with E-state index in [-0.39, 0.29) is 5.91 Å². The van der Waals surface area contributed by atoms with Gasteiger partial charge >= 0.3 is 0 Å². The molecule has 0 heterocycles. The molecule has 2 rings (SSSR count). The van der Waals surface area contributed by atoms with Crippen molar-refractivity contribution in [3.8, 4) is 0 Å². The topological polar surface area (TPSA) is 55.1 Å². The Morgan fingerprint density at radius 3 is 2.24 bits per heavy atom. The van der Waals surface area contributed by atoms with E-state index >= 15 is 0 Å². The Hall–Kier alpha value is -0.460. The minimum Gasteiger partial charge on any atom is -0.392 e. The summed E-state index contributed by atoms with van der Waals surface area (Å²) in [5, 5.41) is 3.00. The van der Waals surface area contributed by atoms with Crippen LogP contribution in [0, 0.1) is 12.3 Å². The molecule has 3 nitrogen and oxygen atoms in total. The predicted molar refractivity (Wildman–Crippen MR) is 97.5 cm³/mol. The first-order chi connectivity index (χ1) is 9.86. The van der Waals surface area contributed by atoms with Crippen LogP contribution in [0.4, 0.5) is 5.69 Å². The minimum atomic E-state index is -0.711. The smallest absolute Gasteiger partial charge is 0.237 e. The summed E-state index contributed by atoms with van der Waals surface area (Å²) in [6.07, 6.45) is 4.57. The number of benzene rings is 1. The number of carbonyl (C=O) groups is 1. The van der Waals surface area contributed by atoms with Crippen molar-refractivity contribution >= 4 is 60.7 Å². The molecular weight excluding hydrogens is 416 g/mol. The zero-order valence-corrected chi connectivity index (χ0v) is 15.8. The van der Waals surface area contributed by atoms with Crippen LogP contribution >= 0.6 is 44.1 Å². The molecule has 1 aromatic carbocycles. The molecule has 0 saturated heterocycles. The first kappa shape index (κ1) is 16.9. The minimum absolute atomic E-state index is 0.0973. The second kappa shape index (κ2) is 6.75. The highest BCUT2D eigenvalue weighted by Crippen LogP contribution is 2.40. The fraction of sp³-hybridized carbons (Fsp3) is 0.467. The van der Waals surface area contributed by atoms with Crippen molar-refractivity contribution in [2.45, 2.75) is 39.0 Å². The molecule has 3 N–H and O–H groups in total. The lowest BCUT2D eigenvalue weighted by Crippen LogP contribution is -2.47. The van der Waals surface area contributed by atoms with Crippen molar-refractivity contribution in [2.24, 2.45) is 11.1 Å². The quantitative estimate of drug-likeness (QED) is 0.679. The van der Waals surface area contributed by atoms with E-state index in [9.17, 15) is 4.79 Å². The number of thiocarbonyl (C=S) groups is 1. The predicted octanol–water partition coefficient (Wildman–Crippen LogP) is 4.70. The van der Waals surface area contributed by atoms with Crippen LogP contribution in [-0.4, -0.2) is 10.9 Å². The summed E-state index contributed by atoms with van der Waals surface area (Å²) in [7, 11) is 0. The average molecular weight is 434 g/mol. The fourth-order valence-electron chi connectivity index (χ4n) is 2.79. The van der Waals surface area contributed by atoms with E-state index in [4.69, 9.17) is 18.0 Å². The normalized spacial score (nSPS) is 17.3. The van der Waals surface area contributed by atoms with Crippen molar-refractivity contribution in [1.82, 2.24) is 0 Å². The van der Waals surface area contributed by atoms with Crippen LogP contribution in [0.5, 0.6) is 0 Å². The van der Waals surface area contributed by atoms with Crippen LogP contribution < -0.4 is 11.1 Å². The van der Waals surface area contributed by atoms with Gasteiger partial charge in [0.05, 0.1) is 16.1 Å². The number of hydrogen-bond acceptors (Lipinski definition) is 2. The molecule has 114 valence electrons. The lowest BCUT2D eigenvalue weighted by molar-refractivity contribution is -0.123. The number of nitrogens with one attached hydrogen (secondary N) is 1. The van der Waals surface area contributed by atoms with Gasteiger partial charge in [-0.3, -0.25) is 4.79 Å². The van der Waals surface area contributed by atoms with Crippen molar-refractivity contribution in [3.05, 3.63) is 26.6 Å². The van der Waals surface area contributed by atoms with Crippen molar-refractivity contribution in [2.75, 3.05) is 5.32 Å². The van der Waals surface area contributed by atoms with Crippen LogP contribution in [0.25, 0.3) is 0 Å². The van der Waals surface area contributed by atoms with Gasteiger partial charge in [0.1, 0.15) is 0 Å². The van der Waals surface area contributed by atoms with Gasteiger partial charge in [0.25, 0.3) is 0 Å². The third kappa shape index (κ3) is 3.48. The second-order valence-electron chi connectivity index (χ2n) is 5.56. The Morgan fingerprint density at radius 1 is 1.24 bits per heavy atom. The number of anilines is 1. The molecule has 1 aromatic rings. The molecule has 0 bridgehead atoms. The molecule has 0 spiro atoms. The Morgan fingerprint density at radius 2 is 1.76 bits per heavy atom. The van der Waals surface area contributed by atoms with Gasteiger partial charge in [0, 0.05) is 8.95 Å². The van der Waals surface area contributed by atoms with Crippen LogP contribution in [0.1, 0.15) is 37.7 Å². The van der Waals surface area contributed by atoms with Gasteiger partial charge in [-0.2, -0.15) is 0 Å². The summed E-state index contributed by atoms with van der Waals surface area (Å²) in [5.74, 6) is -0.0973. The molecule has 1 aliphatic carbocycles. The highest BCUT2D eigenvalue weighted by atomic mass is 79.9. The molecule has 6 heteroatoms.